The molecule has 0 bridgehead atoms. The Balaban J connectivity index is 3.17. The lowest BCUT2D eigenvalue weighted by atomic mass is 9.78. The largest absolute Gasteiger partial charge is 0.467 e. The number of rotatable bonds is 3. The average Bonchev–Trinajstić information content (AvgIpc) is 2.72. The molecule has 6 heteroatoms. The summed E-state index contributed by atoms with van der Waals surface area (Å²) in [5.74, 6) is -1.65. The van der Waals surface area contributed by atoms with Crippen LogP contribution in [0.25, 0.3) is 0 Å². The van der Waals surface area contributed by atoms with Gasteiger partial charge in [-0.2, -0.15) is 10.2 Å². The number of methoxy groups -OCH3 is 2. The molecule has 1 unspecified atom stereocenters. The minimum Gasteiger partial charge on any atom is -0.467 e. The van der Waals surface area contributed by atoms with Crippen LogP contribution in [0.2, 0.25) is 0 Å². The van der Waals surface area contributed by atoms with Crippen LogP contribution in [0.4, 0.5) is 0 Å². The second-order valence-electron chi connectivity index (χ2n) is 4.02. The fourth-order valence-corrected chi connectivity index (χ4v) is 1.92. The molecule has 0 saturated heterocycles. The van der Waals surface area contributed by atoms with Gasteiger partial charge >= 0.3 is 11.9 Å². The van der Waals surface area contributed by atoms with E-state index >= 15 is 0 Å². The Morgan fingerprint density at radius 1 is 1.25 bits per heavy atom. The van der Waals surface area contributed by atoms with Crippen molar-refractivity contribution >= 4 is 11.9 Å². The zero-order valence-corrected chi connectivity index (χ0v) is 9.89. The Kier molecular flexibility index (Phi) is 3.62. The van der Waals surface area contributed by atoms with Crippen molar-refractivity contribution in [3.63, 3.8) is 0 Å². The predicted octanol–water partition coefficient (Wildman–Crippen LogP) is 0.809. The molecule has 0 spiro atoms. The zero-order chi connectivity index (χ0) is 12.3. The van der Waals surface area contributed by atoms with Gasteiger partial charge in [0.2, 0.25) is 0 Å². The lowest BCUT2D eigenvalue weighted by Gasteiger charge is -2.28. The van der Waals surface area contributed by atoms with Crippen LogP contribution in [-0.2, 0) is 19.1 Å². The SMILES string of the molecule is COC(=O)C1(C(=O)OC)N=NCC1C(C)C. The lowest BCUT2D eigenvalue weighted by Crippen LogP contribution is -2.52. The number of carbonyl (C=O) groups is 2. The van der Waals surface area contributed by atoms with Crippen LogP contribution < -0.4 is 0 Å². The van der Waals surface area contributed by atoms with E-state index in [1.807, 2.05) is 13.8 Å². The highest BCUT2D eigenvalue weighted by Crippen LogP contribution is 2.36. The molecule has 0 aliphatic carbocycles. The summed E-state index contributed by atoms with van der Waals surface area (Å²) in [7, 11) is 2.44. The first-order valence-electron chi connectivity index (χ1n) is 5.06. The molecule has 16 heavy (non-hydrogen) atoms. The zero-order valence-electron chi connectivity index (χ0n) is 9.89. The third-order valence-corrected chi connectivity index (χ3v) is 2.84. The fraction of sp³-hybridized carbons (Fsp3) is 0.800. The Morgan fingerprint density at radius 2 is 1.75 bits per heavy atom. The van der Waals surface area contributed by atoms with E-state index in [-0.39, 0.29) is 11.8 Å². The standard InChI is InChI=1S/C10H16N2O4/c1-6(2)7-5-11-12-10(7,8(13)15-3)9(14)16-4/h6-7H,5H2,1-4H3. The van der Waals surface area contributed by atoms with E-state index in [1.165, 1.54) is 14.2 Å². The number of azo groups is 1. The van der Waals surface area contributed by atoms with Crippen molar-refractivity contribution < 1.29 is 19.1 Å². The molecule has 1 heterocycles. The molecule has 0 amide bonds. The third-order valence-electron chi connectivity index (χ3n) is 2.84. The van der Waals surface area contributed by atoms with Gasteiger partial charge in [0.05, 0.1) is 20.8 Å². The quantitative estimate of drug-likeness (QED) is 0.529. The molecule has 0 radical (unpaired) electrons. The predicted molar refractivity (Wildman–Crippen MR) is 54.8 cm³/mol. The summed E-state index contributed by atoms with van der Waals surface area (Å²) < 4.78 is 9.29. The summed E-state index contributed by atoms with van der Waals surface area (Å²) in [6, 6.07) is 0. The molecule has 1 atom stereocenters. The van der Waals surface area contributed by atoms with Gasteiger partial charge in [0, 0.05) is 5.92 Å². The molecule has 1 rings (SSSR count). The Bertz CT molecular complexity index is 309. The van der Waals surface area contributed by atoms with Gasteiger partial charge in [-0.25, -0.2) is 9.59 Å². The van der Waals surface area contributed by atoms with Crippen molar-refractivity contribution in [3.8, 4) is 0 Å². The molecule has 0 aromatic carbocycles. The molecule has 0 aromatic rings. The van der Waals surface area contributed by atoms with Gasteiger partial charge in [-0.3, -0.25) is 0 Å². The molecule has 0 fully saturated rings. The lowest BCUT2D eigenvalue weighted by molar-refractivity contribution is -0.164. The fourth-order valence-electron chi connectivity index (χ4n) is 1.92. The van der Waals surface area contributed by atoms with Crippen molar-refractivity contribution in [1.29, 1.82) is 0 Å². The van der Waals surface area contributed by atoms with Crippen LogP contribution in [-0.4, -0.2) is 38.2 Å². The van der Waals surface area contributed by atoms with E-state index in [1.54, 1.807) is 0 Å². The van der Waals surface area contributed by atoms with Crippen LogP contribution in [0.1, 0.15) is 13.8 Å². The first kappa shape index (κ1) is 12.6. The van der Waals surface area contributed by atoms with Crippen LogP contribution in [0.5, 0.6) is 0 Å². The molecule has 1 aliphatic heterocycles. The maximum absolute atomic E-state index is 11.8. The van der Waals surface area contributed by atoms with Gasteiger partial charge in [0.1, 0.15) is 0 Å². The second kappa shape index (κ2) is 4.59. The minimum atomic E-state index is -1.61. The Morgan fingerprint density at radius 3 is 2.12 bits per heavy atom. The smallest absolute Gasteiger partial charge is 0.347 e. The summed E-state index contributed by atoms with van der Waals surface area (Å²) in [6.45, 7) is 4.14. The van der Waals surface area contributed by atoms with Crippen molar-refractivity contribution in [2.24, 2.45) is 22.1 Å². The van der Waals surface area contributed by atoms with Crippen molar-refractivity contribution in [2.45, 2.75) is 19.4 Å². The summed E-state index contributed by atoms with van der Waals surface area (Å²) >= 11 is 0. The average molecular weight is 228 g/mol. The van der Waals surface area contributed by atoms with Crippen molar-refractivity contribution in [1.82, 2.24) is 0 Å². The van der Waals surface area contributed by atoms with E-state index in [0.29, 0.717) is 6.54 Å². The molecule has 0 saturated carbocycles. The Hall–Kier alpha value is -1.46. The number of esters is 2. The number of hydrogen-bond acceptors (Lipinski definition) is 6. The van der Waals surface area contributed by atoms with Crippen LogP contribution >= 0.6 is 0 Å². The topological polar surface area (TPSA) is 77.3 Å². The van der Waals surface area contributed by atoms with Crippen molar-refractivity contribution in [2.75, 3.05) is 20.8 Å². The number of ether oxygens (including phenoxy) is 2. The first-order chi connectivity index (χ1) is 7.50. The maximum atomic E-state index is 11.8. The van der Waals surface area contributed by atoms with Gasteiger partial charge in [-0.1, -0.05) is 13.8 Å². The molecular weight excluding hydrogens is 212 g/mol. The van der Waals surface area contributed by atoms with E-state index in [2.05, 4.69) is 19.7 Å². The van der Waals surface area contributed by atoms with Gasteiger partial charge < -0.3 is 9.47 Å². The van der Waals surface area contributed by atoms with Crippen molar-refractivity contribution in [3.05, 3.63) is 0 Å². The molecule has 0 N–H and O–H groups in total. The van der Waals surface area contributed by atoms with Crippen LogP contribution in [0, 0.1) is 11.8 Å². The van der Waals surface area contributed by atoms with Gasteiger partial charge in [-0.05, 0) is 5.92 Å². The molecule has 90 valence electrons. The highest BCUT2D eigenvalue weighted by molar-refractivity contribution is 6.05. The molecule has 0 aromatic heterocycles. The number of hydrogen-bond donors (Lipinski definition) is 0. The normalized spacial score (nSPS) is 22.2. The summed E-state index contributed by atoms with van der Waals surface area (Å²) in [5, 5.41) is 7.59. The summed E-state index contributed by atoms with van der Waals surface area (Å²) in [6.07, 6.45) is 0. The number of carbonyl (C=O) groups excluding carboxylic acids is 2. The number of nitrogens with zero attached hydrogens (tertiary/aromatic N) is 2. The summed E-state index contributed by atoms with van der Waals surface area (Å²) in [4.78, 5) is 23.5. The van der Waals surface area contributed by atoms with Gasteiger partial charge in [-0.15, -0.1) is 0 Å². The van der Waals surface area contributed by atoms with Gasteiger partial charge in [0.15, 0.2) is 0 Å². The van der Waals surface area contributed by atoms with Gasteiger partial charge in [0.25, 0.3) is 5.54 Å². The van der Waals surface area contributed by atoms with E-state index in [4.69, 9.17) is 0 Å². The minimum absolute atomic E-state index is 0.0770. The third kappa shape index (κ3) is 1.68. The second-order valence-corrected chi connectivity index (χ2v) is 4.02. The molecule has 6 nitrogen and oxygen atoms in total. The monoisotopic (exact) mass is 228 g/mol. The van der Waals surface area contributed by atoms with E-state index in [9.17, 15) is 9.59 Å². The first-order valence-corrected chi connectivity index (χ1v) is 5.06. The van der Waals surface area contributed by atoms with E-state index in [0.717, 1.165) is 0 Å². The Labute approximate surface area is 94.0 Å². The molecule has 1 aliphatic rings. The maximum Gasteiger partial charge on any atom is 0.347 e. The highest BCUT2D eigenvalue weighted by atomic mass is 16.5. The molecular formula is C10H16N2O4. The summed E-state index contributed by atoms with van der Waals surface area (Å²) in [5.41, 5.74) is -1.61. The van der Waals surface area contributed by atoms with E-state index < -0.39 is 17.5 Å². The van der Waals surface area contributed by atoms with Crippen LogP contribution in [0.3, 0.4) is 0 Å². The van der Waals surface area contributed by atoms with Crippen LogP contribution in [0.15, 0.2) is 10.2 Å². The highest BCUT2D eigenvalue weighted by Gasteiger charge is 2.59.